The Morgan fingerprint density at radius 1 is 1.50 bits per heavy atom. The zero-order valence-corrected chi connectivity index (χ0v) is 10.4. The van der Waals surface area contributed by atoms with Crippen LogP contribution in [-0.4, -0.2) is 34.4 Å². The lowest BCUT2D eigenvalue weighted by molar-refractivity contribution is -0.117. The molecule has 1 amide bonds. The van der Waals surface area contributed by atoms with Crippen LogP contribution in [0.25, 0.3) is 0 Å². The van der Waals surface area contributed by atoms with E-state index in [2.05, 4.69) is 12.6 Å². The average Bonchev–Trinajstić information content (AvgIpc) is 2.70. The molecule has 1 aromatic rings. The zero-order valence-electron chi connectivity index (χ0n) is 9.54. The molecular formula is C12H13NO4S. The van der Waals surface area contributed by atoms with E-state index in [4.69, 9.17) is 5.11 Å². The molecule has 0 radical (unpaired) electrons. The maximum Gasteiger partial charge on any atom is 0.339 e. The van der Waals surface area contributed by atoms with Crippen molar-refractivity contribution >= 4 is 30.2 Å². The van der Waals surface area contributed by atoms with Gasteiger partial charge in [0.15, 0.2) is 0 Å². The van der Waals surface area contributed by atoms with Gasteiger partial charge >= 0.3 is 5.97 Å². The summed E-state index contributed by atoms with van der Waals surface area (Å²) in [5.41, 5.74) is 0.350. The third-order valence-electron chi connectivity index (χ3n) is 2.99. The Labute approximate surface area is 109 Å². The minimum Gasteiger partial charge on any atom is -0.507 e. The normalized spacial score (nSPS) is 19.3. The lowest BCUT2D eigenvalue weighted by Crippen LogP contribution is -2.24. The number of carboxylic acid groups (broad SMARTS) is 1. The van der Waals surface area contributed by atoms with Gasteiger partial charge in [0.25, 0.3) is 0 Å². The number of phenols is 1. The number of hydrogen-bond acceptors (Lipinski definition) is 4. The van der Waals surface area contributed by atoms with Gasteiger partial charge in [0.05, 0.1) is 0 Å². The lowest BCUT2D eigenvalue weighted by Gasteiger charge is -2.17. The monoisotopic (exact) mass is 267 g/mol. The van der Waals surface area contributed by atoms with E-state index in [1.807, 2.05) is 0 Å². The maximum absolute atomic E-state index is 11.8. The third-order valence-corrected chi connectivity index (χ3v) is 3.50. The summed E-state index contributed by atoms with van der Waals surface area (Å²) in [4.78, 5) is 24.1. The molecule has 5 nitrogen and oxygen atoms in total. The summed E-state index contributed by atoms with van der Waals surface area (Å²) >= 11 is 4.17. The Balaban J connectivity index is 2.27. The van der Waals surface area contributed by atoms with Crippen LogP contribution in [-0.2, 0) is 4.79 Å². The van der Waals surface area contributed by atoms with Crippen LogP contribution in [0.2, 0.25) is 0 Å². The fraction of sp³-hybridized carbons (Fsp3) is 0.333. The first-order valence-corrected chi connectivity index (χ1v) is 6.13. The highest BCUT2D eigenvalue weighted by molar-refractivity contribution is 7.80. The van der Waals surface area contributed by atoms with Crippen molar-refractivity contribution in [2.45, 2.75) is 6.42 Å². The number of hydrogen-bond donors (Lipinski definition) is 3. The molecule has 1 aromatic carbocycles. The van der Waals surface area contributed by atoms with Crippen LogP contribution >= 0.6 is 12.6 Å². The first-order valence-electron chi connectivity index (χ1n) is 5.50. The number of carbonyl (C=O) groups is 2. The number of nitrogens with zero attached hydrogens (tertiary/aromatic N) is 1. The molecule has 0 saturated carbocycles. The van der Waals surface area contributed by atoms with E-state index < -0.39 is 5.97 Å². The molecule has 1 fully saturated rings. The second-order valence-electron chi connectivity index (χ2n) is 4.26. The van der Waals surface area contributed by atoms with Crippen LogP contribution in [0.5, 0.6) is 5.75 Å². The van der Waals surface area contributed by atoms with Gasteiger partial charge in [0.1, 0.15) is 11.3 Å². The largest absolute Gasteiger partial charge is 0.507 e. The summed E-state index contributed by atoms with van der Waals surface area (Å²) in [7, 11) is 0. The first kappa shape index (κ1) is 12.8. The predicted octanol–water partition coefficient (Wildman–Crippen LogP) is 1.37. The number of carboxylic acids is 1. The van der Waals surface area contributed by atoms with Crippen molar-refractivity contribution < 1.29 is 19.8 Å². The highest BCUT2D eigenvalue weighted by Crippen LogP contribution is 2.29. The fourth-order valence-electron chi connectivity index (χ4n) is 2.02. The van der Waals surface area contributed by atoms with Crippen LogP contribution < -0.4 is 4.90 Å². The summed E-state index contributed by atoms with van der Waals surface area (Å²) in [6.07, 6.45) is 0.435. The quantitative estimate of drug-likeness (QED) is 0.723. The van der Waals surface area contributed by atoms with Crippen LogP contribution in [0.15, 0.2) is 18.2 Å². The van der Waals surface area contributed by atoms with Crippen LogP contribution in [0.1, 0.15) is 16.8 Å². The van der Waals surface area contributed by atoms with E-state index in [1.165, 1.54) is 18.2 Å². The van der Waals surface area contributed by atoms with E-state index in [9.17, 15) is 14.7 Å². The Hall–Kier alpha value is -1.69. The predicted molar refractivity (Wildman–Crippen MR) is 69.4 cm³/mol. The lowest BCUT2D eigenvalue weighted by atomic mass is 10.1. The molecule has 1 heterocycles. The van der Waals surface area contributed by atoms with Crippen LogP contribution in [0, 0.1) is 5.92 Å². The number of anilines is 1. The summed E-state index contributed by atoms with van der Waals surface area (Å²) in [6.45, 7) is 0.550. The van der Waals surface area contributed by atoms with Gasteiger partial charge < -0.3 is 15.1 Å². The summed E-state index contributed by atoms with van der Waals surface area (Å²) in [5, 5.41) is 18.4. The van der Waals surface area contributed by atoms with Crippen molar-refractivity contribution in [2.24, 2.45) is 5.92 Å². The molecule has 1 aliphatic heterocycles. The van der Waals surface area contributed by atoms with Crippen LogP contribution in [0.3, 0.4) is 0 Å². The highest BCUT2D eigenvalue weighted by Gasteiger charge is 2.30. The molecule has 0 aromatic heterocycles. The van der Waals surface area contributed by atoms with Gasteiger partial charge in [0, 0.05) is 24.7 Å². The number of aromatic hydroxyl groups is 1. The van der Waals surface area contributed by atoms with Crippen molar-refractivity contribution in [3.8, 4) is 5.75 Å². The van der Waals surface area contributed by atoms with E-state index in [1.54, 1.807) is 4.90 Å². The topological polar surface area (TPSA) is 77.8 Å². The number of benzene rings is 1. The average molecular weight is 267 g/mol. The number of amides is 1. The van der Waals surface area contributed by atoms with Crippen molar-refractivity contribution in [1.82, 2.24) is 0 Å². The van der Waals surface area contributed by atoms with Crippen molar-refractivity contribution in [3.63, 3.8) is 0 Å². The molecule has 0 spiro atoms. The minimum atomic E-state index is -1.19. The molecule has 18 heavy (non-hydrogen) atoms. The fourth-order valence-corrected chi connectivity index (χ4v) is 2.27. The molecule has 1 atom stereocenters. The summed E-state index contributed by atoms with van der Waals surface area (Å²) in [5.74, 6) is -0.734. The van der Waals surface area contributed by atoms with Crippen molar-refractivity contribution in [2.75, 3.05) is 17.2 Å². The summed E-state index contributed by atoms with van der Waals surface area (Å²) in [6, 6.07) is 4.14. The second-order valence-corrected chi connectivity index (χ2v) is 4.63. The molecule has 1 aliphatic rings. The van der Waals surface area contributed by atoms with Gasteiger partial charge in [-0.1, -0.05) is 0 Å². The van der Waals surface area contributed by atoms with Gasteiger partial charge in [0.2, 0.25) is 5.91 Å². The van der Waals surface area contributed by atoms with E-state index in [0.717, 1.165) is 0 Å². The number of aromatic carboxylic acids is 1. The van der Waals surface area contributed by atoms with E-state index >= 15 is 0 Å². The molecule has 6 heteroatoms. The van der Waals surface area contributed by atoms with Gasteiger partial charge in [-0.15, -0.1) is 0 Å². The highest BCUT2D eigenvalue weighted by atomic mass is 32.1. The molecule has 1 unspecified atom stereocenters. The van der Waals surface area contributed by atoms with Crippen molar-refractivity contribution in [1.29, 1.82) is 0 Å². The standard InChI is InChI=1S/C12H13NO4S/c14-10-4-8(1-2-9(10)12(16)17)13-5-7(6-18)3-11(13)15/h1-2,4,7,14,18H,3,5-6H2,(H,16,17). The Morgan fingerprint density at radius 3 is 2.72 bits per heavy atom. The molecule has 2 N–H and O–H groups in total. The molecule has 1 saturated heterocycles. The Morgan fingerprint density at radius 2 is 2.22 bits per heavy atom. The molecular weight excluding hydrogens is 254 g/mol. The van der Waals surface area contributed by atoms with E-state index in [0.29, 0.717) is 24.4 Å². The number of thiol groups is 1. The van der Waals surface area contributed by atoms with E-state index in [-0.39, 0.29) is 23.1 Å². The first-order chi connectivity index (χ1) is 8.52. The molecule has 0 aliphatic carbocycles. The maximum atomic E-state index is 11.8. The third kappa shape index (κ3) is 2.28. The SMILES string of the molecule is O=C(O)c1ccc(N2CC(CS)CC2=O)cc1O. The number of rotatable bonds is 3. The second kappa shape index (κ2) is 4.89. The Bertz CT molecular complexity index is 503. The van der Waals surface area contributed by atoms with Gasteiger partial charge in [-0.25, -0.2) is 4.79 Å². The van der Waals surface area contributed by atoms with Gasteiger partial charge in [-0.05, 0) is 23.8 Å². The zero-order chi connectivity index (χ0) is 13.3. The molecule has 96 valence electrons. The molecule has 0 bridgehead atoms. The number of carbonyl (C=O) groups excluding carboxylic acids is 1. The minimum absolute atomic E-state index is 0.0310. The molecule has 2 rings (SSSR count). The van der Waals surface area contributed by atoms with Gasteiger partial charge in [-0.3, -0.25) is 4.79 Å². The summed E-state index contributed by atoms with van der Waals surface area (Å²) < 4.78 is 0. The van der Waals surface area contributed by atoms with Crippen LogP contribution in [0.4, 0.5) is 5.69 Å². The Kier molecular flexibility index (Phi) is 3.47. The van der Waals surface area contributed by atoms with Crippen molar-refractivity contribution in [3.05, 3.63) is 23.8 Å². The van der Waals surface area contributed by atoms with Gasteiger partial charge in [-0.2, -0.15) is 12.6 Å². The smallest absolute Gasteiger partial charge is 0.339 e.